The van der Waals surface area contributed by atoms with E-state index in [1.54, 1.807) is 0 Å². The first kappa shape index (κ1) is 14.6. The number of aryl methyl sites for hydroxylation is 1. The number of nitrogens with zero attached hydrogens (tertiary/aromatic N) is 3. The summed E-state index contributed by atoms with van der Waals surface area (Å²) in [6.07, 6.45) is 4.11. The van der Waals surface area contributed by atoms with E-state index in [1.807, 2.05) is 28.8 Å². The van der Waals surface area contributed by atoms with Gasteiger partial charge in [0.2, 0.25) is 11.9 Å². The first-order chi connectivity index (χ1) is 10.7. The van der Waals surface area contributed by atoms with E-state index in [2.05, 4.69) is 23.3 Å². The van der Waals surface area contributed by atoms with Gasteiger partial charge in [0.05, 0.1) is 17.1 Å². The largest absolute Gasteiger partial charge is 0.310 e. The molecule has 1 fully saturated rings. The maximum Gasteiger partial charge on any atom is 0.247 e. The zero-order chi connectivity index (χ0) is 15.6. The molecular weight excluding hydrogens is 276 g/mol. The fourth-order valence-electron chi connectivity index (χ4n) is 3.21. The molecule has 1 heterocycles. The molecule has 3 rings (SSSR count). The minimum atomic E-state index is -0.880. The molecule has 0 aliphatic heterocycles. The van der Waals surface area contributed by atoms with Crippen LogP contribution in [-0.2, 0) is 11.3 Å². The smallest absolute Gasteiger partial charge is 0.247 e. The lowest BCUT2D eigenvalue weighted by molar-refractivity contribution is -0.122. The van der Waals surface area contributed by atoms with Gasteiger partial charge in [0.25, 0.3) is 0 Å². The number of fused-ring (bicyclic) bond motifs is 1. The fourth-order valence-corrected chi connectivity index (χ4v) is 3.21. The molecule has 1 aliphatic carbocycles. The van der Waals surface area contributed by atoms with Crippen LogP contribution in [-0.4, -0.2) is 15.5 Å². The number of nitriles is 1. The van der Waals surface area contributed by atoms with Gasteiger partial charge in [-0.2, -0.15) is 5.26 Å². The second-order valence-electron chi connectivity index (χ2n) is 5.93. The first-order valence-corrected chi connectivity index (χ1v) is 7.88. The summed E-state index contributed by atoms with van der Waals surface area (Å²) in [5.41, 5.74) is 0.996. The van der Waals surface area contributed by atoms with Crippen molar-refractivity contribution in [1.82, 2.24) is 9.55 Å². The van der Waals surface area contributed by atoms with Gasteiger partial charge < -0.3 is 4.57 Å². The molecule has 1 aromatic carbocycles. The summed E-state index contributed by atoms with van der Waals surface area (Å²) in [6.45, 7) is 2.88. The Morgan fingerprint density at radius 1 is 1.41 bits per heavy atom. The molecule has 5 heteroatoms. The minimum absolute atomic E-state index is 0.208. The Hall–Kier alpha value is -2.35. The number of amides is 1. The zero-order valence-electron chi connectivity index (χ0n) is 12.8. The van der Waals surface area contributed by atoms with E-state index in [0.29, 0.717) is 18.8 Å². The van der Waals surface area contributed by atoms with Crippen LogP contribution in [0.5, 0.6) is 0 Å². The van der Waals surface area contributed by atoms with Gasteiger partial charge in [-0.25, -0.2) is 4.98 Å². The van der Waals surface area contributed by atoms with Gasteiger partial charge in [-0.15, -0.1) is 0 Å². The molecule has 0 saturated heterocycles. The standard InChI is InChI=1S/C17H20N4O/c1-2-11-21-14-8-4-3-7-13(14)19-16(21)20-15(22)17(12-18)9-5-6-10-17/h3-4,7-8H,2,5-6,9-11H2,1H3,(H,19,20,22). The number of hydrogen-bond donors (Lipinski definition) is 1. The summed E-state index contributed by atoms with van der Waals surface area (Å²) in [5.74, 6) is 0.342. The second-order valence-corrected chi connectivity index (χ2v) is 5.93. The number of nitrogens with one attached hydrogen (secondary N) is 1. The topological polar surface area (TPSA) is 70.7 Å². The Kier molecular flexibility index (Phi) is 3.84. The van der Waals surface area contributed by atoms with Crippen molar-refractivity contribution in [1.29, 1.82) is 5.26 Å². The lowest BCUT2D eigenvalue weighted by Crippen LogP contribution is -2.33. The van der Waals surface area contributed by atoms with Crippen LogP contribution in [0, 0.1) is 16.7 Å². The molecule has 1 aromatic heterocycles. The third-order valence-corrected chi connectivity index (χ3v) is 4.43. The van der Waals surface area contributed by atoms with Gasteiger partial charge in [0.1, 0.15) is 5.41 Å². The van der Waals surface area contributed by atoms with Crippen LogP contribution in [0.1, 0.15) is 39.0 Å². The maximum atomic E-state index is 12.6. The van der Waals surface area contributed by atoms with Crippen LogP contribution in [0.3, 0.4) is 0 Å². The molecule has 0 radical (unpaired) electrons. The van der Waals surface area contributed by atoms with Gasteiger partial charge in [-0.3, -0.25) is 10.1 Å². The summed E-state index contributed by atoms with van der Waals surface area (Å²) < 4.78 is 2.02. The summed E-state index contributed by atoms with van der Waals surface area (Å²) in [6, 6.07) is 10.1. The van der Waals surface area contributed by atoms with Crippen molar-refractivity contribution in [3.8, 4) is 6.07 Å². The lowest BCUT2D eigenvalue weighted by atomic mass is 9.87. The highest BCUT2D eigenvalue weighted by Crippen LogP contribution is 2.38. The molecule has 1 saturated carbocycles. The molecule has 5 nitrogen and oxygen atoms in total. The van der Waals surface area contributed by atoms with E-state index < -0.39 is 5.41 Å². The van der Waals surface area contributed by atoms with Gasteiger partial charge in [0, 0.05) is 6.54 Å². The molecule has 0 bridgehead atoms. The monoisotopic (exact) mass is 296 g/mol. The summed E-state index contributed by atoms with van der Waals surface area (Å²) in [7, 11) is 0. The Morgan fingerprint density at radius 3 is 2.82 bits per heavy atom. The molecule has 0 spiro atoms. The number of benzene rings is 1. The van der Waals surface area contributed by atoms with Crippen LogP contribution in [0.15, 0.2) is 24.3 Å². The average molecular weight is 296 g/mol. The fraction of sp³-hybridized carbons (Fsp3) is 0.471. The van der Waals surface area contributed by atoms with Crippen molar-refractivity contribution in [2.75, 3.05) is 5.32 Å². The lowest BCUT2D eigenvalue weighted by Gasteiger charge is -2.19. The van der Waals surface area contributed by atoms with Crippen molar-refractivity contribution in [3.63, 3.8) is 0 Å². The van der Waals surface area contributed by atoms with Crippen LogP contribution in [0.4, 0.5) is 5.95 Å². The van der Waals surface area contributed by atoms with E-state index in [-0.39, 0.29) is 5.91 Å². The van der Waals surface area contributed by atoms with E-state index in [4.69, 9.17) is 0 Å². The van der Waals surface area contributed by atoms with Gasteiger partial charge in [0.15, 0.2) is 0 Å². The van der Waals surface area contributed by atoms with Crippen molar-refractivity contribution < 1.29 is 4.79 Å². The molecule has 1 N–H and O–H groups in total. The molecular formula is C17H20N4O. The summed E-state index contributed by atoms with van der Waals surface area (Å²) in [4.78, 5) is 17.1. The minimum Gasteiger partial charge on any atom is -0.310 e. The highest BCUT2D eigenvalue weighted by Gasteiger charge is 2.42. The second kappa shape index (κ2) is 5.80. The predicted octanol–water partition coefficient (Wildman–Crippen LogP) is 3.47. The van der Waals surface area contributed by atoms with Gasteiger partial charge in [-0.1, -0.05) is 31.9 Å². The first-order valence-electron chi connectivity index (χ1n) is 7.88. The van der Waals surface area contributed by atoms with E-state index in [1.165, 1.54) is 0 Å². The number of para-hydroxylation sites is 2. The third-order valence-electron chi connectivity index (χ3n) is 4.43. The number of rotatable bonds is 4. The molecule has 0 atom stereocenters. The van der Waals surface area contributed by atoms with E-state index >= 15 is 0 Å². The SMILES string of the molecule is CCCn1c(NC(=O)C2(C#N)CCCC2)nc2ccccc21. The van der Waals surface area contributed by atoms with Crippen molar-refractivity contribution in [3.05, 3.63) is 24.3 Å². The highest BCUT2D eigenvalue weighted by molar-refractivity contribution is 5.97. The normalized spacial score (nSPS) is 16.5. The number of anilines is 1. The quantitative estimate of drug-likeness (QED) is 0.939. The Bertz CT molecular complexity index is 735. The Labute approximate surface area is 129 Å². The van der Waals surface area contributed by atoms with Gasteiger partial charge >= 0.3 is 0 Å². The third kappa shape index (κ3) is 2.35. The average Bonchev–Trinajstić information content (AvgIpc) is 3.14. The predicted molar refractivity (Wildman–Crippen MR) is 85.2 cm³/mol. The highest BCUT2D eigenvalue weighted by atomic mass is 16.2. The number of aromatic nitrogens is 2. The number of carbonyl (C=O) groups excluding carboxylic acids is 1. The van der Waals surface area contributed by atoms with Crippen LogP contribution >= 0.6 is 0 Å². The van der Waals surface area contributed by atoms with E-state index in [9.17, 15) is 10.1 Å². The molecule has 114 valence electrons. The number of carbonyl (C=O) groups is 1. The molecule has 22 heavy (non-hydrogen) atoms. The van der Waals surface area contributed by atoms with Crippen LogP contribution < -0.4 is 5.32 Å². The van der Waals surface area contributed by atoms with Crippen molar-refractivity contribution >= 4 is 22.9 Å². The maximum absolute atomic E-state index is 12.6. The molecule has 1 aliphatic rings. The van der Waals surface area contributed by atoms with Crippen LogP contribution in [0.2, 0.25) is 0 Å². The Balaban J connectivity index is 1.95. The number of imidazole rings is 1. The van der Waals surface area contributed by atoms with Crippen LogP contribution in [0.25, 0.3) is 11.0 Å². The molecule has 2 aromatic rings. The molecule has 0 unspecified atom stereocenters. The van der Waals surface area contributed by atoms with Gasteiger partial charge in [-0.05, 0) is 31.4 Å². The zero-order valence-corrected chi connectivity index (χ0v) is 12.8. The van der Waals surface area contributed by atoms with Crippen molar-refractivity contribution in [2.45, 2.75) is 45.6 Å². The Morgan fingerprint density at radius 2 is 2.14 bits per heavy atom. The summed E-state index contributed by atoms with van der Waals surface area (Å²) in [5, 5.41) is 12.3. The number of hydrogen-bond acceptors (Lipinski definition) is 3. The van der Waals surface area contributed by atoms with E-state index in [0.717, 1.165) is 36.8 Å². The summed E-state index contributed by atoms with van der Waals surface area (Å²) >= 11 is 0. The van der Waals surface area contributed by atoms with Crippen molar-refractivity contribution in [2.24, 2.45) is 5.41 Å². The molecule has 1 amide bonds.